The Morgan fingerprint density at radius 3 is 2.79 bits per heavy atom. The fourth-order valence-corrected chi connectivity index (χ4v) is 3.79. The quantitative estimate of drug-likeness (QED) is 0.317. The zero-order chi connectivity index (χ0) is 22.6. The van der Waals surface area contributed by atoms with Crippen LogP contribution in [0.25, 0.3) is 10.8 Å². The van der Waals surface area contributed by atoms with E-state index in [1.165, 1.54) is 0 Å². The molecule has 5 aromatic rings. The van der Waals surface area contributed by atoms with Crippen molar-refractivity contribution in [3.63, 3.8) is 0 Å². The number of anilines is 1. The summed E-state index contributed by atoms with van der Waals surface area (Å²) in [5, 5.41) is 9.90. The summed E-state index contributed by atoms with van der Waals surface area (Å²) in [7, 11) is 0. The average molecular weight is 458 g/mol. The predicted molar refractivity (Wildman–Crippen MR) is 128 cm³/mol. The molecule has 0 aliphatic carbocycles. The second kappa shape index (κ2) is 9.22. The van der Waals surface area contributed by atoms with Crippen LogP contribution < -0.4 is 10.1 Å². The number of carbonyl (C=O) groups is 1. The lowest BCUT2D eigenvalue weighted by Gasteiger charge is -2.07. The third kappa shape index (κ3) is 4.91. The van der Waals surface area contributed by atoms with Gasteiger partial charge in [0.15, 0.2) is 5.76 Å². The highest BCUT2D eigenvalue weighted by atomic mass is 35.5. The summed E-state index contributed by atoms with van der Waals surface area (Å²) >= 11 is 6.03. The first-order valence-corrected chi connectivity index (χ1v) is 10.8. The topological polar surface area (TPSA) is 69.3 Å². The van der Waals surface area contributed by atoms with E-state index in [-0.39, 0.29) is 18.3 Å². The van der Waals surface area contributed by atoms with Gasteiger partial charge in [-0.1, -0.05) is 60.1 Å². The zero-order valence-corrected chi connectivity index (χ0v) is 18.3. The van der Waals surface area contributed by atoms with E-state index in [0.29, 0.717) is 23.0 Å². The summed E-state index contributed by atoms with van der Waals surface area (Å²) in [6.45, 7) is 0.770. The van der Waals surface area contributed by atoms with Gasteiger partial charge in [0.25, 0.3) is 5.91 Å². The number of carbonyl (C=O) groups excluding carboxylic acids is 1. The number of aromatic nitrogens is 2. The minimum atomic E-state index is -0.353. The summed E-state index contributed by atoms with van der Waals surface area (Å²) in [5.41, 5.74) is 1.59. The van der Waals surface area contributed by atoms with Crippen LogP contribution in [0.5, 0.6) is 5.75 Å². The maximum Gasteiger partial charge on any atom is 0.291 e. The van der Waals surface area contributed by atoms with Crippen LogP contribution in [0.15, 0.2) is 95.7 Å². The molecule has 1 amide bonds. The molecule has 2 aromatic heterocycles. The van der Waals surface area contributed by atoms with Gasteiger partial charge in [0, 0.05) is 16.6 Å². The number of amides is 1. The molecule has 7 heteroatoms. The fourth-order valence-electron chi connectivity index (χ4n) is 3.58. The van der Waals surface area contributed by atoms with E-state index < -0.39 is 0 Å². The number of ether oxygens (including phenoxy) is 1. The van der Waals surface area contributed by atoms with Crippen LogP contribution in [-0.4, -0.2) is 15.7 Å². The molecule has 0 saturated carbocycles. The van der Waals surface area contributed by atoms with Crippen molar-refractivity contribution in [3.05, 3.63) is 113 Å². The molecule has 0 unspecified atom stereocenters. The first-order valence-electron chi connectivity index (χ1n) is 10.4. The number of rotatable bonds is 7. The maximum atomic E-state index is 12.6. The number of nitrogens with zero attached hydrogens (tertiary/aromatic N) is 2. The Bertz CT molecular complexity index is 1420. The number of fused-ring (bicyclic) bond motifs is 1. The monoisotopic (exact) mass is 457 g/mol. The third-order valence-corrected chi connectivity index (χ3v) is 5.36. The summed E-state index contributed by atoms with van der Waals surface area (Å²) in [6.07, 6.45) is 3.35. The van der Waals surface area contributed by atoms with Crippen LogP contribution in [-0.2, 0) is 13.2 Å². The van der Waals surface area contributed by atoms with E-state index in [0.717, 1.165) is 22.1 Å². The maximum absolute atomic E-state index is 12.6. The van der Waals surface area contributed by atoms with Gasteiger partial charge in [-0.3, -0.25) is 9.48 Å². The van der Waals surface area contributed by atoms with Crippen molar-refractivity contribution in [2.75, 3.05) is 5.32 Å². The molecule has 1 N–H and O–H groups in total. The molecule has 0 fully saturated rings. The summed E-state index contributed by atoms with van der Waals surface area (Å²) < 4.78 is 13.4. The van der Waals surface area contributed by atoms with Gasteiger partial charge >= 0.3 is 0 Å². The van der Waals surface area contributed by atoms with Crippen molar-refractivity contribution in [1.29, 1.82) is 0 Å². The largest absolute Gasteiger partial charge is 0.485 e. The van der Waals surface area contributed by atoms with Crippen molar-refractivity contribution >= 4 is 34.0 Å². The van der Waals surface area contributed by atoms with Crippen LogP contribution >= 0.6 is 11.6 Å². The second-order valence-corrected chi connectivity index (χ2v) is 7.98. The van der Waals surface area contributed by atoms with Crippen molar-refractivity contribution in [1.82, 2.24) is 9.78 Å². The van der Waals surface area contributed by atoms with Gasteiger partial charge in [0.1, 0.15) is 18.1 Å². The molecular formula is C26H20ClN3O3. The minimum Gasteiger partial charge on any atom is -0.485 e. The molecule has 0 radical (unpaired) electrons. The molecule has 0 saturated heterocycles. The van der Waals surface area contributed by atoms with Crippen molar-refractivity contribution in [2.45, 2.75) is 13.2 Å². The number of hydrogen-bond acceptors (Lipinski definition) is 4. The predicted octanol–water partition coefficient (Wildman–Crippen LogP) is 6.16. The van der Waals surface area contributed by atoms with E-state index in [2.05, 4.69) is 10.4 Å². The van der Waals surface area contributed by atoms with Crippen LogP contribution in [0.1, 0.15) is 21.9 Å². The molecular weight excluding hydrogens is 438 g/mol. The normalized spacial score (nSPS) is 10.9. The van der Waals surface area contributed by atoms with Crippen LogP contribution in [0.2, 0.25) is 5.02 Å². The molecule has 0 spiro atoms. The van der Waals surface area contributed by atoms with E-state index in [1.54, 1.807) is 29.2 Å². The molecule has 5 rings (SSSR count). The van der Waals surface area contributed by atoms with E-state index in [4.69, 9.17) is 20.8 Å². The van der Waals surface area contributed by atoms with Gasteiger partial charge in [0.05, 0.1) is 18.4 Å². The third-order valence-electron chi connectivity index (χ3n) is 5.13. The standard InChI is InChI=1S/C26H20ClN3O3/c27-20-8-3-5-18(13-20)15-30-16-21(14-28-30)29-26(31)25-12-11-22(33-25)17-32-24-10-4-7-19-6-1-2-9-23(19)24/h1-14,16H,15,17H2,(H,29,31). The van der Waals surface area contributed by atoms with Gasteiger partial charge < -0.3 is 14.5 Å². The van der Waals surface area contributed by atoms with Crippen molar-refractivity contribution < 1.29 is 13.9 Å². The lowest BCUT2D eigenvalue weighted by molar-refractivity contribution is 0.0992. The molecule has 2 heterocycles. The fraction of sp³-hybridized carbons (Fsp3) is 0.0769. The summed E-state index contributed by atoms with van der Waals surface area (Å²) in [4.78, 5) is 12.6. The zero-order valence-electron chi connectivity index (χ0n) is 17.6. The molecule has 0 aliphatic rings. The minimum absolute atomic E-state index is 0.203. The number of hydrogen-bond donors (Lipinski definition) is 1. The Labute approximate surface area is 195 Å². The van der Waals surface area contributed by atoms with Gasteiger partial charge in [-0.2, -0.15) is 5.10 Å². The highest BCUT2D eigenvalue weighted by Gasteiger charge is 2.13. The van der Waals surface area contributed by atoms with Crippen molar-refractivity contribution in [2.24, 2.45) is 0 Å². The number of furan rings is 1. The Morgan fingerprint density at radius 1 is 1.03 bits per heavy atom. The molecule has 0 aliphatic heterocycles. The van der Waals surface area contributed by atoms with Gasteiger partial charge in [-0.05, 0) is 41.3 Å². The number of nitrogens with one attached hydrogen (secondary N) is 1. The van der Waals surface area contributed by atoms with Gasteiger partial charge in [0.2, 0.25) is 0 Å². The Hall–Kier alpha value is -4.03. The Kier molecular flexibility index (Phi) is 5.83. The van der Waals surface area contributed by atoms with Gasteiger partial charge in [-0.25, -0.2) is 0 Å². The lowest BCUT2D eigenvalue weighted by atomic mass is 10.1. The highest BCUT2D eigenvalue weighted by Crippen LogP contribution is 2.26. The van der Waals surface area contributed by atoms with E-state index >= 15 is 0 Å². The van der Waals surface area contributed by atoms with Crippen molar-refractivity contribution in [3.8, 4) is 5.75 Å². The summed E-state index contributed by atoms with van der Waals surface area (Å²) in [5.74, 6) is 1.18. The van der Waals surface area contributed by atoms with Gasteiger partial charge in [-0.15, -0.1) is 0 Å². The smallest absolute Gasteiger partial charge is 0.291 e. The van der Waals surface area contributed by atoms with E-state index in [9.17, 15) is 4.79 Å². The first-order chi connectivity index (χ1) is 16.1. The average Bonchev–Trinajstić information content (AvgIpc) is 3.47. The molecule has 164 valence electrons. The molecule has 0 atom stereocenters. The molecule has 33 heavy (non-hydrogen) atoms. The van der Waals surface area contributed by atoms with Crippen LogP contribution in [0, 0.1) is 0 Å². The van der Waals surface area contributed by atoms with E-state index in [1.807, 2.05) is 66.7 Å². The second-order valence-electron chi connectivity index (χ2n) is 7.54. The highest BCUT2D eigenvalue weighted by molar-refractivity contribution is 6.30. The number of benzene rings is 3. The Morgan fingerprint density at radius 2 is 1.88 bits per heavy atom. The Balaban J connectivity index is 1.20. The lowest BCUT2D eigenvalue weighted by Crippen LogP contribution is -2.10. The molecule has 0 bridgehead atoms. The first kappa shape index (κ1) is 20.8. The molecule has 3 aromatic carbocycles. The van der Waals surface area contributed by atoms with Crippen LogP contribution in [0.3, 0.4) is 0 Å². The summed E-state index contributed by atoms with van der Waals surface area (Å²) in [6, 6.07) is 24.9. The SMILES string of the molecule is O=C(Nc1cnn(Cc2cccc(Cl)c2)c1)c1ccc(COc2cccc3ccccc23)o1. The van der Waals surface area contributed by atoms with Crippen LogP contribution in [0.4, 0.5) is 5.69 Å². The molecule has 6 nitrogen and oxygen atoms in total. The number of halogens is 1.